The highest BCUT2D eigenvalue weighted by Crippen LogP contribution is 2.32. The molecule has 1 amide bonds. The van der Waals surface area contributed by atoms with Gasteiger partial charge in [0.2, 0.25) is 0 Å². The van der Waals surface area contributed by atoms with Crippen molar-refractivity contribution in [2.45, 2.75) is 25.3 Å². The first kappa shape index (κ1) is 17.2. The second-order valence-corrected chi connectivity index (χ2v) is 6.33. The van der Waals surface area contributed by atoms with Crippen molar-refractivity contribution in [3.05, 3.63) is 45.7 Å². The van der Waals surface area contributed by atoms with Gasteiger partial charge in [-0.15, -0.1) is 0 Å². The third kappa shape index (κ3) is 2.60. The van der Waals surface area contributed by atoms with Crippen molar-refractivity contribution in [2.75, 3.05) is 20.3 Å². The number of aliphatic carboxylic acids is 1. The van der Waals surface area contributed by atoms with Gasteiger partial charge in [-0.3, -0.25) is 9.59 Å². The number of carboxylic acids is 1. The molecule has 3 rings (SSSR count). The van der Waals surface area contributed by atoms with Gasteiger partial charge in [0.1, 0.15) is 5.56 Å². The number of hydrogen-bond acceptors (Lipinski definition) is 4. The number of methoxy groups -OCH3 is 1. The molecule has 1 atom stereocenters. The molecule has 1 aromatic heterocycles. The Labute approximate surface area is 144 Å². The van der Waals surface area contributed by atoms with Crippen LogP contribution in [0, 0.1) is 6.92 Å². The van der Waals surface area contributed by atoms with Crippen molar-refractivity contribution in [1.82, 2.24) is 9.88 Å². The number of carbonyl (C=O) groups excluding carboxylic acids is 1. The van der Waals surface area contributed by atoms with Gasteiger partial charge in [0.05, 0.1) is 6.61 Å². The molecular weight excluding hydrogens is 324 g/mol. The SMILES string of the molecule is COCC1(C(=O)O)CCCN1C(=O)c1c(C)c2ccccc2[nH]c1=O. The number of para-hydroxylation sites is 1. The fourth-order valence-electron chi connectivity index (χ4n) is 3.65. The minimum absolute atomic E-state index is 0.0117. The summed E-state index contributed by atoms with van der Waals surface area (Å²) in [5, 5.41) is 10.5. The van der Waals surface area contributed by atoms with E-state index in [1.807, 2.05) is 12.1 Å². The van der Waals surface area contributed by atoms with Crippen LogP contribution in [0.3, 0.4) is 0 Å². The maximum Gasteiger partial charge on any atom is 0.332 e. The second-order valence-electron chi connectivity index (χ2n) is 6.33. The summed E-state index contributed by atoms with van der Waals surface area (Å²) in [6.45, 7) is 1.87. The largest absolute Gasteiger partial charge is 0.479 e. The molecule has 1 saturated heterocycles. The molecule has 1 aliphatic heterocycles. The number of aromatic amines is 1. The molecule has 0 bridgehead atoms. The predicted octanol–water partition coefficient (Wildman–Crippen LogP) is 1.54. The minimum atomic E-state index is -1.43. The van der Waals surface area contributed by atoms with E-state index in [2.05, 4.69) is 4.98 Å². The van der Waals surface area contributed by atoms with Gasteiger partial charge >= 0.3 is 5.97 Å². The number of rotatable bonds is 4. The molecule has 7 nitrogen and oxygen atoms in total. The summed E-state index contributed by atoms with van der Waals surface area (Å²) in [7, 11) is 1.40. The molecule has 2 aromatic rings. The molecular formula is C18H20N2O5. The summed E-state index contributed by atoms with van der Waals surface area (Å²) in [6.07, 6.45) is 0.846. The number of nitrogens with zero attached hydrogens (tertiary/aromatic N) is 1. The Morgan fingerprint density at radius 3 is 2.76 bits per heavy atom. The smallest absolute Gasteiger partial charge is 0.332 e. The van der Waals surface area contributed by atoms with Gasteiger partial charge in [-0.2, -0.15) is 0 Å². The Morgan fingerprint density at radius 1 is 1.36 bits per heavy atom. The van der Waals surface area contributed by atoms with E-state index < -0.39 is 23.0 Å². The number of benzene rings is 1. The lowest BCUT2D eigenvalue weighted by Gasteiger charge is -2.34. The number of amides is 1. The number of fused-ring (bicyclic) bond motifs is 1. The normalized spacial score (nSPS) is 20.2. The van der Waals surface area contributed by atoms with E-state index in [0.717, 1.165) is 5.39 Å². The van der Waals surface area contributed by atoms with Crippen LogP contribution in [-0.2, 0) is 9.53 Å². The van der Waals surface area contributed by atoms with Gasteiger partial charge in [-0.1, -0.05) is 18.2 Å². The van der Waals surface area contributed by atoms with Crippen molar-refractivity contribution < 1.29 is 19.4 Å². The zero-order chi connectivity index (χ0) is 18.2. The number of pyridine rings is 1. The molecule has 1 unspecified atom stereocenters. The quantitative estimate of drug-likeness (QED) is 0.876. The van der Waals surface area contributed by atoms with Crippen LogP contribution < -0.4 is 5.56 Å². The number of carboxylic acid groups (broad SMARTS) is 1. The van der Waals surface area contributed by atoms with Crippen LogP contribution in [0.1, 0.15) is 28.8 Å². The lowest BCUT2D eigenvalue weighted by molar-refractivity contribution is -0.151. The van der Waals surface area contributed by atoms with Crippen LogP contribution in [0.25, 0.3) is 10.9 Å². The van der Waals surface area contributed by atoms with Crippen molar-refractivity contribution >= 4 is 22.8 Å². The van der Waals surface area contributed by atoms with E-state index >= 15 is 0 Å². The molecule has 1 aromatic carbocycles. The number of ether oxygens (including phenoxy) is 1. The highest BCUT2D eigenvalue weighted by molar-refractivity contribution is 6.02. The molecule has 7 heteroatoms. The van der Waals surface area contributed by atoms with E-state index in [1.165, 1.54) is 12.0 Å². The van der Waals surface area contributed by atoms with Gasteiger partial charge in [-0.25, -0.2) is 4.79 Å². The summed E-state index contributed by atoms with van der Waals surface area (Å²) < 4.78 is 5.08. The lowest BCUT2D eigenvalue weighted by atomic mass is 9.96. The van der Waals surface area contributed by atoms with Gasteiger partial charge in [0, 0.05) is 24.6 Å². The number of hydrogen-bond donors (Lipinski definition) is 2. The Balaban J connectivity index is 2.13. The maximum absolute atomic E-state index is 13.1. The van der Waals surface area contributed by atoms with Crippen molar-refractivity contribution in [3.8, 4) is 0 Å². The summed E-state index contributed by atoms with van der Waals surface area (Å²) in [4.78, 5) is 41.5. The standard InChI is InChI=1S/C18H20N2O5/c1-11-12-6-3-4-7-13(12)19-15(21)14(11)16(22)20-9-5-8-18(20,10-25-2)17(23)24/h3-4,6-7H,5,8-10H2,1-2H3,(H,19,21)(H,23,24). The summed E-state index contributed by atoms with van der Waals surface area (Å²) >= 11 is 0. The topological polar surface area (TPSA) is 99.7 Å². The number of aromatic nitrogens is 1. The lowest BCUT2D eigenvalue weighted by Crippen LogP contribution is -2.56. The molecule has 2 N–H and O–H groups in total. The first-order chi connectivity index (χ1) is 11.9. The van der Waals surface area contributed by atoms with Crippen LogP contribution in [0.2, 0.25) is 0 Å². The van der Waals surface area contributed by atoms with E-state index in [0.29, 0.717) is 23.9 Å². The molecule has 0 aliphatic carbocycles. The van der Waals surface area contributed by atoms with Crippen molar-refractivity contribution in [2.24, 2.45) is 0 Å². The fraction of sp³-hybridized carbons (Fsp3) is 0.389. The van der Waals surface area contributed by atoms with Crippen LogP contribution >= 0.6 is 0 Å². The van der Waals surface area contributed by atoms with E-state index in [9.17, 15) is 19.5 Å². The predicted molar refractivity (Wildman–Crippen MR) is 91.8 cm³/mol. The molecule has 1 aliphatic rings. The first-order valence-corrected chi connectivity index (χ1v) is 8.08. The highest BCUT2D eigenvalue weighted by atomic mass is 16.5. The zero-order valence-electron chi connectivity index (χ0n) is 14.2. The average Bonchev–Trinajstić information content (AvgIpc) is 3.00. The van der Waals surface area contributed by atoms with E-state index in [1.54, 1.807) is 19.1 Å². The monoisotopic (exact) mass is 344 g/mol. The molecule has 25 heavy (non-hydrogen) atoms. The van der Waals surface area contributed by atoms with Gasteiger partial charge in [0.15, 0.2) is 5.54 Å². The molecule has 2 heterocycles. The Hall–Kier alpha value is -2.67. The second kappa shape index (κ2) is 6.33. The number of H-pyrrole nitrogens is 1. The van der Waals surface area contributed by atoms with Gasteiger partial charge < -0.3 is 19.7 Å². The van der Waals surface area contributed by atoms with E-state index in [-0.39, 0.29) is 18.7 Å². The minimum Gasteiger partial charge on any atom is -0.479 e. The summed E-state index contributed by atoms with van der Waals surface area (Å²) in [5.74, 6) is -1.68. The van der Waals surface area contributed by atoms with E-state index in [4.69, 9.17) is 4.74 Å². The van der Waals surface area contributed by atoms with Crippen LogP contribution in [-0.4, -0.2) is 52.7 Å². The Bertz CT molecular complexity index is 904. The first-order valence-electron chi connectivity index (χ1n) is 8.08. The third-order valence-electron chi connectivity index (χ3n) is 4.91. The van der Waals surface area contributed by atoms with Gasteiger partial charge in [0.25, 0.3) is 11.5 Å². The van der Waals surface area contributed by atoms with Crippen LogP contribution in [0.15, 0.2) is 29.1 Å². The van der Waals surface area contributed by atoms with Crippen LogP contribution in [0.5, 0.6) is 0 Å². The molecule has 0 spiro atoms. The summed E-state index contributed by atoms with van der Waals surface area (Å²) in [5.41, 5.74) is -0.763. The number of nitrogens with one attached hydrogen (secondary N) is 1. The van der Waals surface area contributed by atoms with Crippen molar-refractivity contribution in [1.29, 1.82) is 0 Å². The Morgan fingerprint density at radius 2 is 2.08 bits per heavy atom. The fourth-order valence-corrected chi connectivity index (χ4v) is 3.65. The van der Waals surface area contributed by atoms with Crippen LogP contribution in [0.4, 0.5) is 0 Å². The van der Waals surface area contributed by atoms with Gasteiger partial charge in [-0.05, 0) is 31.4 Å². The molecule has 1 fully saturated rings. The molecule has 0 radical (unpaired) electrons. The number of likely N-dealkylation sites (tertiary alicyclic amines) is 1. The number of aryl methyl sites for hydroxylation is 1. The third-order valence-corrected chi connectivity index (χ3v) is 4.91. The molecule has 0 saturated carbocycles. The Kier molecular flexibility index (Phi) is 4.34. The van der Waals surface area contributed by atoms with Crippen molar-refractivity contribution in [3.63, 3.8) is 0 Å². The maximum atomic E-state index is 13.1. The number of carbonyl (C=O) groups is 2. The molecule has 132 valence electrons. The highest BCUT2D eigenvalue weighted by Gasteiger charge is 2.51. The zero-order valence-corrected chi connectivity index (χ0v) is 14.2. The summed E-state index contributed by atoms with van der Waals surface area (Å²) in [6, 6.07) is 7.21. The average molecular weight is 344 g/mol.